The zero-order valence-electron chi connectivity index (χ0n) is 12.5. The number of imidazole rings is 1. The van der Waals surface area contributed by atoms with Crippen LogP contribution in [0.1, 0.15) is 44.9 Å². The number of nitrogens with zero attached hydrogens (tertiary/aromatic N) is 4. The van der Waals surface area contributed by atoms with E-state index in [1.54, 1.807) is 6.20 Å². The molecule has 0 aliphatic carbocycles. The lowest BCUT2D eigenvalue weighted by molar-refractivity contribution is 0.120. The Kier molecular flexibility index (Phi) is 4.05. The Morgan fingerprint density at radius 3 is 2.86 bits per heavy atom. The second-order valence-electron chi connectivity index (χ2n) is 5.88. The average molecular weight is 288 g/mol. The summed E-state index contributed by atoms with van der Waals surface area (Å²) in [6.07, 6.45) is 12.5. The standard InChI is InChI=1S/C15H24N6/c16-8-7-15(20-11-10-18-12-20)6-2-1-4-13(17)21(15)14-5-3-9-19-14/h10-12,17H,1-9,16H2. The first-order chi connectivity index (χ1) is 10.3. The zero-order chi connectivity index (χ0) is 14.7. The Morgan fingerprint density at radius 2 is 2.19 bits per heavy atom. The molecular formula is C15H24N6. The van der Waals surface area contributed by atoms with Crippen LogP contribution in [0.4, 0.5) is 0 Å². The van der Waals surface area contributed by atoms with Crippen LogP contribution in [0, 0.1) is 5.41 Å². The van der Waals surface area contributed by atoms with E-state index in [0.717, 1.165) is 57.3 Å². The summed E-state index contributed by atoms with van der Waals surface area (Å²) in [6, 6.07) is 0. The monoisotopic (exact) mass is 288 g/mol. The van der Waals surface area contributed by atoms with Gasteiger partial charge in [-0.05, 0) is 32.2 Å². The van der Waals surface area contributed by atoms with Crippen molar-refractivity contribution in [2.45, 2.75) is 50.6 Å². The Labute approximate surface area is 125 Å². The summed E-state index contributed by atoms with van der Waals surface area (Å²) in [5, 5.41) is 8.56. The number of nitrogens with one attached hydrogen (secondary N) is 1. The highest BCUT2D eigenvalue weighted by atomic mass is 15.4. The highest BCUT2D eigenvalue weighted by Gasteiger charge is 2.43. The second kappa shape index (κ2) is 5.97. The minimum Gasteiger partial charge on any atom is -0.330 e. The molecule has 0 amide bonds. The number of likely N-dealkylation sites (tertiary alicyclic amines) is 1. The van der Waals surface area contributed by atoms with Gasteiger partial charge in [0, 0.05) is 38.2 Å². The summed E-state index contributed by atoms with van der Waals surface area (Å²) in [6.45, 7) is 1.47. The van der Waals surface area contributed by atoms with Gasteiger partial charge in [-0.2, -0.15) is 0 Å². The van der Waals surface area contributed by atoms with E-state index in [2.05, 4.69) is 19.4 Å². The van der Waals surface area contributed by atoms with Gasteiger partial charge in [0.2, 0.25) is 0 Å². The predicted molar refractivity (Wildman–Crippen MR) is 83.4 cm³/mol. The minimum absolute atomic E-state index is 0.304. The van der Waals surface area contributed by atoms with Crippen LogP contribution in [0.2, 0.25) is 0 Å². The van der Waals surface area contributed by atoms with Crippen molar-refractivity contribution in [1.29, 1.82) is 5.41 Å². The molecule has 1 fully saturated rings. The quantitative estimate of drug-likeness (QED) is 0.891. The van der Waals surface area contributed by atoms with Crippen molar-refractivity contribution in [3.63, 3.8) is 0 Å². The Hall–Kier alpha value is -1.69. The van der Waals surface area contributed by atoms with Crippen molar-refractivity contribution >= 4 is 11.7 Å². The second-order valence-corrected chi connectivity index (χ2v) is 5.88. The van der Waals surface area contributed by atoms with Gasteiger partial charge >= 0.3 is 0 Å². The van der Waals surface area contributed by atoms with Crippen LogP contribution in [0.15, 0.2) is 23.7 Å². The minimum atomic E-state index is -0.304. The fourth-order valence-electron chi connectivity index (χ4n) is 3.63. The first kappa shape index (κ1) is 14.3. The van der Waals surface area contributed by atoms with Crippen molar-refractivity contribution in [2.75, 3.05) is 13.1 Å². The van der Waals surface area contributed by atoms with Gasteiger partial charge in [0.25, 0.3) is 0 Å². The highest BCUT2D eigenvalue weighted by molar-refractivity contribution is 6.00. The maximum Gasteiger partial charge on any atom is 0.126 e. The lowest BCUT2D eigenvalue weighted by Gasteiger charge is -2.45. The van der Waals surface area contributed by atoms with E-state index in [0.29, 0.717) is 12.4 Å². The molecule has 6 nitrogen and oxygen atoms in total. The van der Waals surface area contributed by atoms with Crippen molar-refractivity contribution < 1.29 is 0 Å². The van der Waals surface area contributed by atoms with E-state index in [-0.39, 0.29) is 5.66 Å². The molecule has 0 aromatic carbocycles. The summed E-state index contributed by atoms with van der Waals surface area (Å²) in [7, 11) is 0. The molecule has 0 saturated carbocycles. The van der Waals surface area contributed by atoms with Gasteiger partial charge in [0.15, 0.2) is 0 Å². The smallest absolute Gasteiger partial charge is 0.126 e. The first-order valence-corrected chi connectivity index (χ1v) is 7.87. The zero-order valence-corrected chi connectivity index (χ0v) is 12.5. The topological polar surface area (TPSA) is 83.3 Å². The van der Waals surface area contributed by atoms with Gasteiger partial charge in [-0.1, -0.05) is 0 Å². The van der Waals surface area contributed by atoms with E-state index in [1.807, 2.05) is 12.5 Å². The molecule has 3 rings (SSSR count). The molecule has 2 aliphatic heterocycles. The molecule has 21 heavy (non-hydrogen) atoms. The third-order valence-corrected chi connectivity index (χ3v) is 4.57. The molecule has 0 radical (unpaired) electrons. The molecule has 0 bridgehead atoms. The van der Waals surface area contributed by atoms with Gasteiger partial charge in [-0.25, -0.2) is 4.98 Å². The maximum absolute atomic E-state index is 8.56. The van der Waals surface area contributed by atoms with E-state index in [1.165, 1.54) is 0 Å². The van der Waals surface area contributed by atoms with Crippen LogP contribution >= 0.6 is 0 Å². The molecule has 1 atom stereocenters. The number of hydrogen-bond donors (Lipinski definition) is 2. The third kappa shape index (κ3) is 2.48. The normalized spacial score (nSPS) is 26.8. The number of hydrogen-bond acceptors (Lipinski definition) is 4. The number of aliphatic imine (C=N–C) groups is 1. The van der Waals surface area contributed by atoms with E-state index in [9.17, 15) is 0 Å². The summed E-state index contributed by atoms with van der Waals surface area (Å²) < 4.78 is 2.14. The molecule has 0 spiro atoms. The lowest BCUT2D eigenvalue weighted by Crippen LogP contribution is -2.55. The molecule has 114 valence electrons. The number of nitrogens with two attached hydrogens (primary N) is 1. The van der Waals surface area contributed by atoms with Crippen LogP contribution in [-0.4, -0.2) is 39.2 Å². The van der Waals surface area contributed by atoms with Crippen molar-refractivity contribution in [3.05, 3.63) is 18.7 Å². The number of aromatic nitrogens is 2. The van der Waals surface area contributed by atoms with Crippen LogP contribution in [0.5, 0.6) is 0 Å². The SMILES string of the molecule is N=C1CCCCC(CCN)(n2ccnc2)N1C1=NCCC1. The molecule has 1 saturated heterocycles. The molecule has 2 aliphatic rings. The van der Waals surface area contributed by atoms with E-state index in [4.69, 9.17) is 11.1 Å². The molecule has 1 aromatic heterocycles. The number of amidine groups is 2. The van der Waals surface area contributed by atoms with Crippen LogP contribution in [0.3, 0.4) is 0 Å². The molecule has 1 aromatic rings. The predicted octanol–water partition coefficient (Wildman–Crippen LogP) is 1.93. The Bertz CT molecular complexity index is 520. The van der Waals surface area contributed by atoms with Crippen LogP contribution < -0.4 is 5.73 Å². The fraction of sp³-hybridized carbons (Fsp3) is 0.667. The van der Waals surface area contributed by atoms with Gasteiger partial charge in [-0.3, -0.25) is 15.3 Å². The van der Waals surface area contributed by atoms with Gasteiger partial charge in [0.05, 0.1) is 6.33 Å². The van der Waals surface area contributed by atoms with Crippen LogP contribution in [0.25, 0.3) is 0 Å². The maximum atomic E-state index is 8.56. The third-order valence-electron chi connectivity index (χ3n) is 4.57. The average Bonchev–Trinajstić information content (AvgIpc) is 3.15. The van der Waals surface area contributed by atoms with E-state index < -0.39 is 0 Å². The molecular weight excluding hydrogens is 264 g/mol. The summed E-state index contributed by atoms with van der Waals surface area (Å²) in [5.74, 6) is 1.74. The van der Waals surface area contributed by atoms with Gasteiger partial charge < -0.3 is 10.3 Å². The van der Waals surface area contributed by atoms with Crippen molar-refractivity contribution in [1.82, 2.24) is 14.5 Å². The highest BCUT2D eigenvalue weighted by Crippen LogP contribution is 2.37. The van der Waals surface area contributed by atoms with E-state index >= 15 is 0 Å². The summed E-state index contributed by atoms with van der Waals surface area (Å²) in [5.41, 5.74) is 5.63. The molecule has 3 N–H and O–H groups in total. The molecule has 1 unspecified atom stereocenters. The molecule has 6 heteroatoms. The van der Waals surface area contributed by atoms with Crippen molar-refractivity contribution in [3.8, 4) is 0 Å². The van der Waals surface area contributed by atoms with Gasteiger partial charge in [-0.15, -0.1) is 0 Å². The first-order valence-electron chi connectivity index (χ1n) is 7.87. The number of rotatable bonds is 3. The fourth-order valence-corrected chi connectivity index (χ4v) is 3.63. The Balaban J connectivity index is 2.09. The molecule has 3 heterocycles. The largest absolute Gasteiger partial charge is 0.330 e. The van der Waals surface area contributed by atoms with Crippen LogP contribution in [-0.2, 0) is 5.66 Å². The van der Waals surface area contributed by atoms with Crippen molar-refractivity contribution in [2.24, 2.45) is 10.7 Å². The summed E-state index contributed by atoms with van der Waals surface area (Å²) >= 11 is 0. The van der Waals surface area contributed by atoms with Gasteiger partial charge in [0.1, 0.15) is 17.3 Å². The summed E-state index contributed by atoms with van der Waals surface area (Å²) in [4.78, 5) is 11.1. The Morgan fingerprint density at radius 1 is 1.29 bits per heavy atom. The lowest BCUT2D eigenvalue weighted by atomic mass is 9.96.